The highest BCUT2D eigenvalue weighted by molar-refractivity contribution is 7.86. The van der Waals surface area contributed by atoms with E-state index in [1.54, 1.807) is 0 Å². The van der Waals surface area contributed by atoms with Crippen LogP contribution in [0.4, 0.5) is 13.2 Å². The van der Waals surface area contributed by atoms with E-state index in [2.05, 4.69) is 32.6 Å². The van der Waals surface area contributed by atoms with Crippen LogP contribution in [0.3, 0.4) is 0 Å². The quantitative estimate of drug-likeness (QED) is 0.183. The van der Waals surface area contributed by atoms with Gasteiger partial charge >= 0.3 is 15.6 Å². The number of hydrogen-bond donors (Lipinski definition) is 2. The second-order valence-electron chi connectivity index (χ2n) is 7.01. The molecular weight excluding hydrogens is 459 g/mol. The average Bonchev–Trinajstić information content (AvgIpc) is 2.63. The molecule has 0 radical (unpaired) electrons. The lowest BCUT2D eigenvalue weighted by atomic mass is 10.1. The average molecular weight is 502 g/mol. The Labute approximate surface area is 187 Å². The van der Waals surface area contributed by atoms with Gasteiger partial charge in [0, 0.05) is 0 Å². The van der Waals surface area contributed by atoms with Gasteiger partial charge in [-0.2, -0.15) is 30.0 Å². The van der Waals surface area contributed by atoms with Crippen molar-refractivity contribution in [3.8, 4) is 0 Å². The molecular formula is C19H42F3NO6S2. The normalized spacial score (nSPS) is 12.1. The predicted octanol–water partition coefficient (Wildman–Crippen LogP) is 5.54. The van der Waals surface area contributed by atoms with Crippen LogP contribution < -0.4 is 0 Å². The number of rotatable bonds is 14. The van der Waals surface area contributed by atoms with E-state index in [1.165, 1.54) is 64.6 Å². The monoisotopic (exact) mass is 501 g/mol. The minimum atomic E-state index is -5.84. The van der Waals surface area contributed by atoms with Gasteiger partial charge in [0.15, 0.2) is 0 Å². The number of alkyl halides is 3. The molecule has 0 aromatic rings. The SMILES string of the molecule is CCCCCCCCCCCCS(=O)(=O)O.CCN(CC)CC.O=S(=O)(O)C(F)(F)F. The van der Waals surface area contributed by atoms with Gasteiger partial charge in [-0.3, -0.25) is 9.11 Å². The zero-order valence-corrected chi connectivity index (χ0v) is 21.0. The number of halogens is 3. The third-order valence-corrected chi connectivity index (χ3v) is 5.78. The molecule has 7 nitrogen and oxygen atoms in total. The predicted molar refractivity (Wildman–Crippen MR) is 119 cm³/mol. The van der Waals surface area contributed by atoms with Gasteiger partial charge in [0.2, 0.25) is 0 Å². The molecule has 0 fully saturated rings. The summed E-state index contributed by atoms with van der Waals surface area (Å²) in [5, 5.41) is 0. The molecule has 2 N–H and O–H groups in total. The minimum Gasteiger partial charge on any atom is -0.304 e. The first-order chi connectivity index (χ1) is 14.2. The number of unbranched alkanes of at least 4 members (excludes halogenated alkanes) is 9. The summed E-state index contributed by atoms with van der Waals surface area (Å²) in [5.74, 6) is -0.0799. The van der Waals surface area contributed by atoms with Crippen molar-refractivity contribution in [2.45, 2.75) is 97.4 Å². The van der Waals surface area contributed by atoms with Crippen LogP contribution in [0.15, 0.2) is 0 Å². The van der Waals surface area contributed by atoms with Crippen LogP contribution in [-0.2, 0) is 20.2 Å². The molecule has 0 aliphatic heterocycles. The zero-order valence-electron chi connectivity index (χ0n) is 19.3. The van der Waals surface area contributed by atoms with Crippen molar-refractivity contribution in [2.75, 3.05) is 25.4 Å². The summed E-state index contributed by atoms with van der Waals surface area (Å²) in [6.07, 6.45) is 11.7. The molecule has 0 saturated carbocycles. The Hall–Kier alpha value is -0.430. The first-order valence-electron chi connectivity index (χ1n) is 10.9. The highest BCUT2D eigenvalue weighted by atomic mass is 32.2. The van der Waals surface area contributed by atoms with Crippen molar-refractivity contribution < 1.29 is 39.1 Å². The van der Waals surface area contributed by atoms with Crippen molar-refractivity contribution in [3.63, 3.8) is 0 Å². The van der Waals surface area contributed by atoms with Gasteiger partial charge in [0.05, 0.1) is 5.75 Å². The standard InChI is InChI=1S/C12H26O3S.C6H15N.CHF3O3S/c1-2-3-4-5-6-7-8-9-10-11-12-16(13,14)15;1-4-7(5-2)6-3;2-1(3,4)8(5,6)7/h2-12H2,1H3,(H,13,14,15);4-6H2,1-3H3;(H,5,6,7). The van der Waals surface area contributed by atoms with Gasteiger partial charge in [0.25, 0.3) is 10.1 Å². The van der Waals surface area contributed by atoms with E-state index in [9.17, 15) is 21.6 Å². The molecule has 0 rings (SSSR count). The Morgan fingerprint density at radius 3 is 1.13 bits per heavy atom. The summed E-state index contributed by atoms with van der Waals surface area (Å²) in [6.45, 7) is 12.3. The number of hydrogen-bond acceptors (Lipinski definition) is 5. The van der Waals surface area contributed by atoms with Gasteiger partial charge in [-0.15, -0.1) is 0 Å². The lowest BCUT2D eigenvalue weighted by molar-refractivity contribution is -0.0510. The second-order valence-corrected chi connectivity index (χ2v) is 9.99. The molecule has 0 spiro atoms. The van der Waals surface area contributed by atoms with Crippen LogP contribution in [0.5, 0.6) is 0 Å². The molecule has 0 aromatic heterocycles. The third-order valence-electron chi connectivity index (χ3n) is 4.39. The van der Waals surface area contributed by atoms with Gasteiger partial charge in [-0.25, -0.2) is 0 Å². The lowest BCUT2D eigenvalue weighted by Gasteiger charge is -2.13. The zero-order chi connectivity index (χ0) is 25.0. The molecule has 0 aliphatic carbocycles. The Kier molecular flexibility index (Phi) is 22.9. The first-order valence-corrected chi connectivity index (χ1v) is 13.9. The van der Waals surface area contributed by atoms with Crippen molar-refractivity contribution in [1.82, 2.24) is 4.90 Å². The number of nitrogens with zero attached hydrogens (tertiary/aromatic N) is 1. The van der Waals surface area contributed by atoms with Crippen LogP contribution in [0.2, 0.25) is 0 Å². The summed E-state index contributed by atoms with van der Waals surface area (Å²) in [4.78, 5) is 2.38. The highest BCUT2D eigenvalue weighted by Crippen LogP contribution is 2.20. The van der Waals surface area contributed by atoms with Gasteiger partial charge < -0.3 is 4.90 Å². The maximum absolute atomic E-state index is 10.7. The smallest absolute Gasteiger partial charge is 0.304 e. The molecule has 0 amide bonds. The highest BCUT2D eigenvalue weighted by Gasteiger charge is 2.44. The van der Waals surface area contributed by atoms with E-state index in [0.29, 0.717) is 6.42 Å². The summed E-state index contributed by atoms with van der Waals surface area (Å²) >= 11 is 0. The van der Waals surface area contributed by atoms with Crippen LogP contribution in [0.25, 0.3) is 0 Å². The van der Waals surface area contributed by atoms with Crippen LogP contribution in [0.1, 0.15) is 91.9 Å². The molecule has 0 atom stereocenters. The van der Waals surface area contributed by atoms with Crippen molar-refractivity contribution >= 4 is 20.2 Å². The topological polar surface area (TPSA) is 112 Å². The largest absolute Gasteiger partial charge is 0.522 e. The fourth-order valence-electron chi connectivity index (χ4n) is 2.44. The Bertz CT molecular complexity index is 587. The molecule has 12 heteroatoms. The molecule has 0 aromatic carbocycles. The van der Waals surface area contributed by atoms with E-state index in [1.807, 2.05) is 0 Å². The summed E-state index contributed by atoms with van der Waals surface area (Å²) in [7, 11) is -9.57. The fourth-order valence-corrected chi connectivity index (χ4v) is 3.01. The molecule has 0 unspecified atom stereocenters. The summed E-state index contributed by atoms with van der Waals surface area (Å²) < 4.78 is 86.9. The third kappa shape index (κ3) is 29.6. The van der Waals surface area contributed by atoms with E-state index in [0.717, 1.165) is 12.8 Å². The molecule has 0 saturated heterocycles. The van der Waals surface area contributed by atoms with Crippen molar-refractivity contribution in [2.24, 2.45) is 0 Å². The Morgan fingerprint density at radius 2 is 0.935 bits per heavy atom. The molecule has 31 heavy (non-hydrogen) atoms. The van der Waals surface area contributed by atoms with E-state index >= 15 is 0 Å². The van der Waals surface area contributed by atoms with Crippen molar-refractivity contribution in [3.05, 3.63) is 0 Å². The van der Waals surface area contributed by atoms with Crippen LogP contribution >= 0.6 is 0 Å². The van der Waals surface area contributed by atoms with Gasteiger partial charge in [-0.05, 0) is 26.1 Å². The Morgan fingerprint density at radius 1 is 0.645 bits per heavy atom. The van der Waals surface area contributed by atoms with Crippen molar-refractivity contribution in [1.29, 1.82) is 0 Å². The second kappa shape index (κ2) is 20.2. The maximum atomic E-state index is 10.7. The lowest BCUT2D eigenvalue weighted by Crippen LogP contribution is -2.21. The van der Waals surface area contributed by atoms with Gasteiger partial charge in [0.1, 0.15) is 0 Å². The fraction of sp³-hybridized carbons (Fsp3) is 1.00. The van der Waals surface area contributed by atoms with Crippen LogP contribution in [-0.4, -0.2) is 61.7 Å². The minimum absolute atomic E-state index is 0.0799. The summed E-state index contributed by atoms with van der Waals surface area (Å²) in [5.41, 5.74) is -5.53. The molecule has 192 valence electrons. The summed E-state index contributed by atoms with van der Waals surface area (Å²) in [6, 6.07) is 0. The molecule has 0 aliphatic rings. The van der Waals surface area contributed by atoms with Crippen LogP contribution in [0, 0.1) is 0 Å². The van der Waals surface area contributed by atoms with E-state index in [-0.39, 0.29) is 5.75 Å². The Balaban J connectivity index is -0.000000435. The van der Waals surface area contributed by atoms with E-state index in [4.69, 9.17) is 17.5 Å². The maximum Gasteiger partial charge on any atom is 0.522 e. The molecule has 0 heterocycles. The first kappa shape index (κ1) is 35.2. The van der Waals surface area contributed by atoms with Gasteiger partial charge in [-0.1, -0.05) is 85.5 Å². The molecule has 0 bridgehead atoms. The van der Waals surface area contributed by atoms with E-state index < -0.39 is 25.7 Å².